The zero-order valence-electron chi connectivity index (χ0n) is 25.2. The van der Waals surface area contributed by atoms with Crippen molar-refractivity contribution in [2.75, 3.05) is 62.9 Å². The summed E-state index contributed by atoms with van der Waals surface area (Å²) >= 11 is 6.68. The maximum atomic E-state index is 14.1. The molecule has 0 saturated carbocycles. The number of allylic oxidation sites excluding steroid dienone is 1. The van der Waals surface area contributed by atoms with Crippen LogP contribution in [0.5, 0.6) is 6.01 Å². The fourth-order valence-corrected chi connectivity index (χ4v) is 6.97. The molecule has 1 amide bonds. The lowest BCUT2D eigenvalue weighted by molar-refractivity contribution is -0.128. The van der Waals surface area contributed by atoms with Crippen molar-refractivity contribution in [1.82, 2.24) is 19.8 Å². The maximum absolute atomic E-state index is 14.1. The fraction of sp³-hybridized carbons (Fsp3) is 0.455. The zero-order chi connectivity index (χ0) is 31.5. The minimum absolute atomic E-state index is 0.0793. The number of likely N-dealkylation sites (N-methyl/N-ethyl adjacent to an activating group) is 1. The second-order valence-electron chi connectivity index (χ2n) is 11.8. The number of alkyl halides is 2. The van der Waals surface area contributed by atoms with Crippen LogP contribution in [0.15, 0.2) is 48.6 Å². The van der Waals surface area contributed by atoms with E-state index in [4.69, 9.17) is 26.3 Å². The largest absolute Gasteiger partial charge is 0.462 e. The molecule has 3 aliphatic heterocycles. The number of ether oxygens (including phenoxy) is 1. The van der Waals surface area contributed by atoms with Crippen LogP contribution in [0.3, 0.4) is 0 Å². The molecule has 1 aromatic heterocycles. The zero-order valence-corrected chi connectivity index (χ0v) is 26.0. The number of hydrogen-bond donors (Lipinski definition) is 0. The number of amides is 1. The Morgan fingerprint density at radius 1 is 1.13 bits per heavy atom. The van der Waals surface area contributed by atoms with Crippen LogP contribution in [0.1, 0.15) is 24.1 Å². The molecule has 0 N–H and O–H groups in total. The number of hydrogen-bond acceptors (Lipinski definition) is 8. The Hall–Kier alpha value is -4.01. The molecule has 6 rings (SSSR count). The Labute approximate surface area is 266 Å². The van der Waals surface area contributed by atoms with Crippen LogP contribution in [0.25, 0.3) is 10.8 Å². The van der Waals surface area contributed by atoms with Gasteiger partial charge in [-0.2, -0.15) is 15.2 Å². The minimum atomic E-state index is -0.888. The second kappa shape index (κ2) is 13.5. The SMILES string of the molecule is CN1CC(F)C[C@H]1COc1nc2c(c(N3CCN(C(=O)/C=C/CF)[C@@H](CC#N)C3)n1)CCN(c1cccc3cccc(Cl)c13)C2. The normalized spacial score (nSPS) is 22.2. The molecule has 12 heteroatoms. The summed E-state index contributed by atoms with van der Waals surface area (Å²) in [4.78, 5) is 30.5. The lowest BCUT2D eigenvalue weighted by atomic mass is 10.0. The van der Waals surface area contributed by atoms with Crippen LogP contribution < -0.4 is 14.5 Å². The van der Waals surface area contributed by atoms with E-state index in [9.17, 15) is 18.8 Å². The quantitative estimate of drug-likeness (QED) is 0.329. The van der Waals surface area contributed by atoms with Gasteiger partial charge in [0.1, 0.15) is 25.3 Å². The summed E-state index contributed by atoms with van der Waals surface area (Å²) in [6.45, 7) is 2.37. The fourth-order valence-electron chi connectivity index (χ4n) is 6.70. The van der Waals surface area contributed by atoms with E-state index in [0.717, 1.165) is 33.5 Å². The Balaban J connectivity index is 1.32. The van der Waals surface area contributed by atoms with Gasteiger partial charge in [0.15, 0.2) is 0 Å². The van der Waals surface area contributed by atoms with Gasteiger partial charge < -0.3 is 19.4 Å². The number of benzene rings is 2. The molecule has 1 unspecified atom stereocenters. The molecule has 2 fully saturated rings. The number of aromatic nitrogens is 2. The highest BCUT2D eigenvalue weighted by Gasteiger charge is 2.34. The number of carbonyl (C=O) groups is 1. The number of piperazine rings is 1. The summed E-state index contributed by atoms with van der Waals surface area (Å²) < 4.78 is 32.9. The van der Waals surface area contributed by atoms with Gasteiger partial charge >= 0.3 is 6.01 Å². The molecule has 9 nitrogen and oxygen atoms in total. The predicted molar refractivity (Wildman–Crippen MR) is 170 cm³/mol. The summed E-state index contributed by atoms with van der Waals surface area (Å²) in [6.07, 6.45) is 2.73. The molecule has 3 aromatic rings. The number of fused-ring (bicyclic) bond motifs is 2. The molecule has 3 aliphatic rings. The molecular weight excluding hydrogens is 600 g/mol. The molecule has 0 bridgehead atoms. The van der Waals surface area contributed by atoms with E-state index >= 15 is 0 Å². The molecule has 2 aromatic carbocycles. The first-order valence-electron chi connectivity index (χ1n) is 15.3. The number of nitrogens with zero attached hydrogens (tertiary/aromatic N) is 7. The van der Waals surface area contributed by atoms with Crippen molar-refractivity contribution in [2.24, 2.45) is 0 Å². The number of carbonyl (C=O) groups excluding carboxylic acids is 1. The van der Waals surface area contributed by atoms with Crippen molar-refractivity contribution >= 4 is 39.8 Å². The summed E-state index contributed by atoms with van der Waals surface area (Å²) in [7, 11) is 1.89. The summed E-state index contributed by atoms with van der Waals surface area (Å²) in [5.74, 6) is 0.417. The average molecular weight is 636 g/mol. The van der Waals surface area contributed by atoms with Gasteiger partial charge in [0.05, 0.1) is 35.8 Å². The van der Waals surface area contributed by atoms with Crippen molar-refractivity contribution in [1.29, 1.82) is 5.26 Å². The number of likely N-dealkylation sites (tertiary alicyclic amines) is 1. The first-order valence-corrected chi connectivity index (χ1v) is 15.7. The minimum Gasteiger partial charge on any atom is -0.462 e. The maximum Gasteiger partial charge on any atom is 0.318 e. The van der Waals surface area contributed by atoms with Crippen molar-refractivity contribution in [3.05, 3.63) is 64.8 Å². The van der Waals surface area contributed by atoms with Gasteiger partial charge in [0, 0.05) is 61.5 Å². The van der Waals surface area contributed by atoms with Crippen LogP contribution in [-0.2, 0) is 17.8 Å². The van der Waals surface area contributed by atoms with Crippen LogP contribution in [-0.4, -0.2) is 97.0 Å². The molecular formula is C33H36ClF2N7O2. The van der Waals surface area contributed by atoms with Gasteiger partial charge in [-0.25, -0.2) is 8.78 Å². The van der Waals surface area contributed by atoms with Gasteiger partial charge in [0.2, 0.25) is 5.91 Å². The highest BCUT2D eigenvalue weighted by molar-refractivity contribution is 6.36. The lowest BCUT2D eigenvalue weighted by Gasteiger charge is -2.42. The van der Waals surface area contributed by atoms with Gasteiger partial charge in [-0.1, -0.05) is 35.9 Å². The van der Waals surface area contributed by atoms with Crippen molar-refractivity contribution in [3.8, 4) is 12.1 Å². The third-order valence-electron chi connectivity index (χ3n) is 8.98. The van der Waals surface area contributed by atoms with Crippen LogP contribution in [0, 0.1) is 11.3 Å². The second-order valence-corrected chi connectivity index (χ2v) is 12.2. The number of rotatable bonds is 8. The predicted octanol–water partition coefficient (Wildman–Crippen LogP) is 4.72. The van der Waals surface area contributed by atoms with E-state index in [1.807, 2.05) is 42.3 Å². The first-order chi connectivity index (χ1) is 21.9. The number of halogens is 3. The van der Waals surface area contributed by atoms with E-state index in [0.29, 0.717) is 57.1 Å². The van der Waals surface area contributed by atoms with Crippen molar-refractivity contribution in [2.45, 2.75) is 44.1 Å². The summed E-state index contributed by atoms with van der Waals surface area (Å²) in [6, 6.07) is 14.0. The summed E-state index contributed by atoms with van der Waals surface area (Å²) in [5.41, 5.74) is 2.85. The van der Waals surface area contributed by atoms with Crippen LogP contribution in [0.4, 0.5) is 20.3 Å². The van der Waals surface area contributed by atoms with Crippen molar-refractivity contribution in [3.63, 3.8) is 0 Å². The number of anilines is 2. The highest BCUT2D eigenvalue weighted by Crippen LogP contribution is 2.37. The van der Waals surface area contributed by atoms with E-state index in [2.05, 4.69) is 21.9 Å². The van der Waals surface area contributed by atoms with Gasteiger partial charge in [0.25, 0.3) is 0 Å². The van der Waals surface area contributed by atoms with Gasteiger partial charge in [-0.3, -0.25) is 9.69 Å². The standard InChI is InChI=1S/C33H36ClF2N7O2/c1-40-18-23(36)17-25(40)21-45-33-38-28-20-41(29-8-3-6-22-5-2-7-27(34)31(22)29)14-11-26(28)32(39-33)42-15-16-43(24(19-42)10-13-37)30(44)9-4-12-35/h2-9,23-25H,10-12,14-21H2,1H3/b9-4+/t23?,24-,25-/m0/s1. The Morgan fingerprint density at radius 2 is 1.96 bits per heavy atom. The number of nitriles is 1. The Kier molecular flexibility index (Phi) is 9.33. The smallest absolute Gasteiger partial charge is 0.318 e. The molecule has 0 spiro atoms. The van der Waals surface area contributed by atoms with Gasteiger partial charge in [-0.05, 0) is 43.5 Å². The molecule has 4 heterocycles. The molecule has 3 atom stereocenters. The van der Waals surface area contributed by atoms with E-state index < -0.39 is 12.8 Å². The van der Waals surface area contributed by atoms with E-state index in [-0.39, 0.29) is 37.0 Å². The third kappa shape index (κ3) is 6.53. The molecule has 0 radical (unpaired) electrons. The molecule has 236 valence electrons. The first kappa shape index (κ1) is 31.0. The Bertz CT molecular complexity index is 1630. The average Bonchev–Trinajstić information content (AvgIpc) is 3.38. The highest BCUT2D eigenvalue weighted by atomic mass is 35.5. The van der Waals surface area contributed by atoms with Crippen LogP contribution in [0.2, 0.25) is 5.02 Å². The summed E-state index contributed by atoms with van der Waals surface area (Å²) in [5, 5.41) is 12.3. The molecule has 2 saturated heterocycles. The lowest BCUT2D eigenvalue weighted by Crippen LogP contribution is -2.55. The molecule has 0 aliphatic carbocycles. The topological polar surface area (TPSA) is 88.8 Å². The van der Waals surface area contributed by atoms with E-state index in [1.165, 1.54) is 12.2 Å². The Morgan fingerprint density at radius 3 is 2.71 bits per heavy atom. The van der Waals surface area contributed by atoms with Crippen LogP contribution >= 0.6 is 11.6 Å². The van der Waals surface area contributed by atoms with Gasteiger partial charge in [-0.15, -0.1) is 0 Å². The third-order valence-corrected chi connectivity index (χ3v) is 9.29. The monoisotopic (exact) mass is 635 g/mol. The van der Waals surface area contributed by atoms with Crippen molar-refractivity contribution < 1.29 is 18.3 Å². The molecule has 45 heavy (non-hydrogen) atoms. The van der Waals surface area contributed by atoms with E-state index in [1.54, 1.807) is 4.90 Å².